The Balaban J connectivity index is 1.61. The normalized spacial score (nSPS) is 11.2. The molecule has 8 heteroatoms. The van der Waals surface area contributed by atoms with Gasteiger partial charge in [-0.3, -0.25) is 9.59 Å². The molecule has 0 aliphatic carbocycles. The van der Waals surface area contributed by atoms with Crippen molar-refractivity contribution in [3.8, 4) is 5.69 Å². The van der Waals surface area contributed by atoms with Crippen molar-refractivity contribution in [2.45, 2.75) is 27.3 Å². The number of carbonyl (C=O) groups is 1. The number of hydrogen-bond donors (Lipinski definition) is 1. The van der Waals surface area contributed by atoms with E-state index < -0.39 is 0 Å². The summed E-state index contributed by atoms with van der Waals surface area (Å²) >= 11 is 1.24. The number of amides is 1. The fourth-order valence-electron chi connectivity index (χ4n) is 3.43. The highest BCUT2D eigenvalue weighted by Crippen LogP contribution is 2.27. The molecule has 0 atom stereocenters. The van der Waals surface area contributed by atoms with Crippen LogP contribution in [0.3, 0.4) is 0 Å². The number of fused-ring (bicyclic) bond motifs is 1. The zero-order valence-electron chi connectivity index (χ0n) is 16.7. The molecule has 4 aromatic rings. The predicted octanol–water partition coefficient (Wildman–Crippen LogP) is 3.04. The second-order valence-corrected chi connectivity index (χ2v) is 7.98. The molecule has 29 heavy (non-hydrogen) atoms. The van der Waals surface area contributed by atoms with Crippen molar-refractivity contribution in [2.24, 2.45) is 7.05 Å². The summed E-state index contributed by atoms with van der Waals surface area (Å²) in [6, 6.07) is 9.89. The number of thiophene rings is 1. The first-order chi connectivity index (χ1) is 13.9. The van der Waals surface area contributed by atoms with Crippen molar-refractivity contribution in [2.75, 3.05) is 0 Å². The summed E-state index contributed by atoms with van der Waals surface area (Å²) in [5.41, 5.74) is 4.35. The van der Waals surface area contributed by atoms with Crippen LogP contribution in [0.5, 0.6) is 0 Å². The Kier molecular flexibility index (Phi) is 4.79. The molecule has 1 aromatic carbocycles. The molecule has 1 amide bonds. The van der Waals surface area contributed by atoms with Gasteiger partial charge in [0.1, 0.15) is 4.83 Å². The van der Waals surface area contributed by atoms with Crippen LogP contribution in [0.15, 0.2) is 41.5 Å². The first kappa shape index (κ1) is 19.1. The van der Waals surface area contributed by atoms with Gasteiger partial charge >= 0.3 is 0 Å². The van der Waals surface area contributed by atoms with Crippen LogP contribution < -0.4 is 10.9 Å². The van der Waals surface area contributed by atoms with Gasteiger partial charge in [-0.05, 0) is 38.5 Å². The van der Waals surface area contributed by atoms with E-state index in [4.69, 9.17) is 0 Å². The van der Waals surface area contributed by atoms with Crippen LogP contribution in [0.4, 0.5) is 0 Å². The molecule has 3 heterocycles. The topological polar surface area (TPSA) is 81.8 Å². The monoisotopic (exact) mass is 407 g/mol. The van der Waals surface area contributed by atoms with Gasteiger partial charge in [-0.2, -0.15) is 5.10 Å². The number of carbonyl (C=O) groups excluding carboxylic acids is 1. The fourth-order valence-corrected chi connectivity index (χ4v) is 4.48. The number of rotatable bonds is 4. The molecule has 4 rings (SSSR count). The molecular weight excluding hydrogens is 386 g/mol. The Morgan fingerprint density at radius 3 is 2.62 bits per heavy atom. The van der Waals surface area contributed by atoms with Gasteiger partial charge in [0.15, 0.2) is 0 Å². The first-order valence-corrected chi connectivity index (χ1v) is 10.0. The van der Waals surface area contributed by atoms with Gasteiger partial charge in [0.25, 0.3) is 11.5 Å². The Bertz CT molecular complexity index is 1280. The van der Waals surface area contributed by atoms with E-state index in [1.54, 1.807) is 14.0 Å². The van der Waals surface area contributed by atoms with Gasteiger partial charge in [0.05, 0.1) is 28.0 Å². The lowest BCUT2D eigenvalue weighted by Crippen LogP contribution is -2.23. The Hall–Kier alpha value is -3.26. The lowest BCUT2D eigenvalue weighted by molar-refractivity contribution is 0.0954. The van der Waals surface area contributed by atoms with Crippen molar-refractivity contribution >= 4 is 27.5 Å². The number of nitrogens with one attached hydrogen (secondary N) is 1. The van der Waals surface area contributed by atoms with Crippen LogP contribution >= 0.6 is 11.3 Å². The molecule has 148 valence electrons. The number of aryl methyl sites for hydroxylation is 3. The summed E-state index contributed by atoms with van der Waals surface area (Å²) in [7, 11) is 1.65. The second kappa shape index (κ2) is 7.29. The van der Waals surface area contributed by atoms with E-state index in [2.05, 4.69) is 15.4 Å². The third-order valence-electron chi connectivity index (χ3n) is 5.08. The van der Waals surface area contributed by atoms with Crippen molar-refractivity contribution in [3.63, 3.8) is 0 Å². The first-order valence-electron chi connectivity index (χ1n) is 9.22. The van der Waals surface area contributed by atoms with Gasteiger partial charge in [0, 0.05) is 24.8 Å². The SMILES string of the molecule is Cc1nn(-c2ccccc2)c(C)c1CNC(=O)c1sc2ncn(C)c(=O)c2c1C. The molecule has 0 fully saturated rings. The number of nitrogens with zero attached hydrogens (tertiary/aromatic N) is 4. The minimum absolute atomic E-state index is 0.140. The molecule has 0 unspecified atom stereocenters. The molecule has 1 N–H and O–H groups in total. The number of benzene rings is 1. The van der Waals surface area contributed by atoms with Crippen LogP contribution in [-0.2, 0) is 13.6 Å². The van der Waals surface area contributed by atoms with Crippen LogP contribution in [0.2, 0.25) is 0 Å². The third-order valence-corrected chi connectivity index (χ3v) is 6.28. The summed E-state index contributed by atoms with van der Waals surface area (Å²) in [5, 5.41) is 8.11. The van der Waals surface area contributed by atoms with Gasteiger partial charge < -0.3 is 9.88 Å². The van der Waals surface area contributed by atoms with Gasteiger partial charge in [-0.25, -0.2) is 9.67 Å². The van der Waals surface area contributed by atoms with Crippen molar-refractivity contribution < 1.29 is 4.79 Å². The van der Waals surface area contributed by atoms with Crippen molar-refractivity contribution in [3.05, 3.63) is 74.4 Å². The molecule has 0 saturated heterocycles. The Morgan fingerprint density at radius 2 is 1.90 bits per heavy atom. The summed E-state index contributed by atoms with van der Waals surface area (Å²) < 4.78 is 3.31. The van der Waals surface area contributed by atoms with Gasteiger partial charge in [-0.15, -0.1) is 11.3 Å². The lowest BCUT2D eigenvalue weighted by atomic mass is 10.1. The van der Waals surface area contributed by atoms with Crippen molar-refractivity contribution in [1.29, 1.82) is 0 Å². The number of hydrogen-bond acceptors (Lipinski definition) is 5. The maximum atomic E-state index is 12.8. The highest BCUT2D eigenvalue weighted by molar-refractivity contribution is 7.20. The smallest absolute Gasteiger partial charge is 0.262 e. The number of aromatic nitrogens is 4. The molecule has 0 spiro atoms. The number of para-hydroxylation sites is 1. The molecule has 0 radical (unpaired) electrons. The summed E-state index contributed by atoms with van der Waals surface area (Å²) in [4.78, 5) is 30.6. The molecular formula is C21H21N5O2S. The molecule has 7 nitrogen and oxygen atoms in total. The quantitative estimate of drug-likeness (QED) is 0.564. The highest BCUT2D eigenvalue weighted by Gasteiger charge is 2.20. The third kappa shape index (κ3) is 3.25. The zero-order chi connectivity index (χ0) is 20.7. The van der Waals surface area contributed by atoms with E-state index in [0.717, 1.165) is 22.6 Å². The Morgan fingerprint density at radius 1 is 1.17 bits per heavy atom. The van der Waals surface area contributed by atoms with E-state index in [1.807, 2.05) is 48.9 Å². The predicted molar refractivity (Wildman–Crippen MR) is 114 cm³/mol. The van der Waals surface area contributed by atoms with E-state index in [-0.39, 0.29) is 11.5 Å². The molecule has 3 aromatic heterocycles. The summed E-state index contributed by atoms with van der Waals surface area (Å²) in [6.07, 6.45) is 1.48. The van der Waals surface area contributed by atoms with E-state index in [1.165, 1.54) is 22.2 Å². The van der Waals surface area contributed by atoms with Gasteiger partial charge in [0.2, 0.25) is 0 Å². The summed E-state index contributed by atoms with van der Waals surface area (Å²) in [6.45, 7) is 6.09. The molecule has 0 bridgehead atoms. The van der Waals surface area contributed by atoms with Crippen LogP contribution in [-0.4, -0.2) is 25.2 Å². The highest BCUT2D eigenvalue weighted by atomic mass is 32.1. The van der Waals surface area contributed by atoms with Crippen molar-refractivity contribution in [1.82, 2.24) is 24.6 Å². The maximum absolute atomic E-state index is 12.8. The standard InChI is InChI=1S/C21H21N5O2S/c1-12-17-20(23-11-25(4)21(17)28)29-18(12)19(27)22-10-16-13(2)24-26(14(16)3)15-8-6-5-7-9-15/h5-9,11H,10H2,1-4H3,(H,22,27). The zero-order valence-corrected chi connectivity index (χ0v) is 17.5. The maximum Gasteiger partial charge on any atom is 0.262 e. The summed E-state index contributed by atoms with van der Waals surface area (Å²) in [5.74, 6) is -0.209. The fraction of sp³-hybridized carbons (Fsp3) is 0.238. The molecule has 0 aliphatic heterocycles. The van der Waals surface area contributed by atoms with E-state index >= 15 is 0 Å². The average Bonchev–Trinajstić information content (AvgIpc) is 3.20. The largest absolute Gasteiger partial charge is 0.347 e. The van der Waals surface area contributed by atoms with Crippen LogP contribution in [0.25, 0.3) is 15.9 Å². The van der Waals surface area contributed by atoms with E-state index in [0.29, 0.717) is 27.2 Å². The molecule has 0 saturated carbocycles. The second-order valence-electron chi connectivity index (χ2n) is 6.98. The Labute approximate surface area is 171 Å². The van der Waals surface area contributed by atoms with Crippen LogP contribution in [0, 0.1) is 20.8 Å². The average molecular weight is 407 g/mol. The molecule has 0 aliphatic rings. The minimum Gasteiger partial charge on any atom is -0.347 e. The van der Waals surface area contributed by atoms with Crippen LogP contribution in [0.1, 0.15) is 32.2 Å². The van der Waals surface area contributed by atoms with E-state index in [9.17, 15) is 9.59 Å². The lowest BCUT2D eigenvalue weighted by Gasteiger charge is -2.07. The van der Waals surface area contributed by atoms with Gasteiger partial charge in [-0.1, -0.05) is 18.2 Å². The minimum atomic E-state index is -0.209.